The summed E-state index contributed by atoms with van der Waals surface area (Å²) in [4.78, 5) is 90.1. The van der Waals surface area contributed by atoms with Gasteiger partial charge in [0.2, 0.25) is 17.9 Å². The normalized spacial score (nSPS) is 14.3. The molecular formula is C24H35N13O6. The highest BCUT2D eigenvalue weighted by molar-refractivity contribution is 6.03. The molecule has 3 rings (SSSR count). The third-order valence-corrected chi connectivity index (χ3v) is 5.69. The molecule has 232 valence electrons. The minimum absolute atomic E-state index is 0.00220. The molecule has 0 radical (unpaired) electrons. The summed E-state index contributed by atoms with van der Waals surface area (Å²) in [6.45, 7) is 6.62. The number of urea groups is 3. The number of guanidine groups is 1. The minimum Gasteiger partial charge on any atom is -0.353 e. The van der Waals surface area contributed by atoms with Gasteiger partial charge in [0.25, 0.3) is 17.0 Å². The Bertz CT molecular complexity index is 1390. The highest BCUT2D eigenvalue weighted by Crippen LogP contribution is 1.99. The molecule has 19 nitrogen and oxygen atoms in total. The summed E-state index contributed by atoms with van der Waals surface area (Å²) in [5.41, 5.74) is 0.0728. The molecule has 0 saturated heterocycles. The number of nitrogens with one attached hydrogen (secondary N) is 9. The standard InChI is InChI=1S/C24H35N13O6/c1-13-10-16(38)31-19(28-13)34-22(41)25-4-7-37(8-5-26-23(42)35-20-29-14(2)11-17(39)32-20)9-6-27-24(43)36-21-30-15(3)12-18(40)33-21/h10-11,15H,4-9,12H2,1-3H3,(H3,25,28,31,34,38,41)(H3,26,29,32,35,39,42)(H3,27,30,33,36,40,43). The second kappa shape index (κ2) is 15.6. The quantitative estimate of drug-likeness (QED) is 0.141. The number of anilines is 2. The zero-order chi connectivity index (χ0) is 31.4. The fourth-order valence-electron chi connectivity index (χ4n) is 3.86. The lowest BCUT2D eigenvalue weighted by Gasteiger charge is -2.23. The number of aryl methyl sites for hydroxylation is 2. The predicted molar refractivity (Wildman–Crippen MR) is 156 cm³/mol. The van der Waals surface area contributed by atoms with Crippen molar-refractivity contribution in [1.29, 1.82) is 0 Å². The summed E-state index contributed by atoms with van der Waals surface area (Å²) in [6, 6.07) is 0.677. The Labute approximate surface area is 245 Å². The van der Waals surface area contributed by atoms with E-state index in [9.17, 15) is 28.8 Å². The van der Waals surface area contributed by atoms with Gasteiger partial charge < -0.3 is 31.2 Å². The van der Waals surface area contributed by atoms with Crippen molar-refractivity contribution >= 4 is 41.9 Å². The number of aliphatic imine (C=N–C) groups is 1. The van der Waals surface area contributed by atoms with Crippen LogP contribution in [0.1, 0.15) is 24.7 Å². The molecule has 1 atom stereocenters. The molecule has 43 heavy (non-hydrogen) atoms. The number of aromatic nitrogens is 4. The van der Waals surface area contributed by atoms with Crippen LogP contribution in [0.2, 0.25) is 0 Å². The van der Waals surface area contributed by atoms with Crippen molar-refractivity contribution in [3.63, 3.8) is 0 Å². The highest BCUT2D eigenvalue weighted by Gasteiger charge is 2.19. The van der Waals surface area contributed by atoms with Crippen LogP contribution in [0, 0.1) is 13.8 Å². The number of amides is 7. The summed E-state index contributed by atoms with van der Waals surface area (Å²) < 4.78 is 0. The van der Waals surface area contributed by atoms with Crippen LogP contribution in [0.5, 0.6) is 0 Å². The first-order valence-corrected chi connectivity index (χ1v) is 13.4. The van der Waals surface area contributed by atoms with Crippen LogP contribution in [0.15, 0.2) is 26.7 Å². The lowest BCUT2D eigenvalue weighted by atomic mass is 10.2. The van der Waals surface area contributed by atoms with E-state index >= 15 is 0 Å². The van der Waals surface area contributed by atoms with E-state index in [1.54, 1.807) is 20.8 Å². The maximum atomic E-state index is 12.3. The van der Waals surface area contributed by atoms with E-state index in [-0.39, 0.29) is 55.9 Å². The molecule has 0 fully saturated rings. The monoisotopic (exact) mass is 601 g/mol. The van der Waals surface area contributed by atoms with Crippen LogP contribution in [-0.2, 0) is 4.79 Å². The molecule has 0 bridgehead atoms. The van der Waals surface area contributed by atoms with E-state index in [1.807, 2.05) is 4.90 Å². The van der Waals surface area contributed by atoms with Crippen molar-refractivity contribution < 1.29 is 19.2 Å². The maximum Gasteiger partial charge on any atom is 0.321 e. The molecule has 2 aromatic heterocycles. The molecular weight excluding hydrogens is 566 g/mol. The SMILES string of the molecule is Cc1cc(=O)nc(NC(=O)NCCN(CCNC(=O)NC2=NC(=O)CC(C)N2)CCNC(=O)Nc2nc(=O)cc(C)[nH]2)[nH]1. The van der Waals surface area contributed by atoms with Crippen LogP contribution < -0.4 is 48.3 Å². The number of H-pyrrole nitrogens is 2. The Kier molecular flexibility index (Phi) is 11.7. The van der Waals surface area contributed by atoms with Gasteiger partial charge in [-0.15, -0.1) is 0 Å². The second-order valence-electron chi connectivity index (χ2n) is 9.59. The number of hydrogen-bond donors (Lipinski definition) is 9. The molecule has 0 saturated carbocycles. The molecule has 1 unspecified atom stereocenters. The molecule has 19 heteroatoms. The van der Waals surface area contributed by atoms with Gasteiger partial charge in [0.15, 0.2) is 0 Å². The minimum atomic E-state index is -0.590. The molecule has 0 aliphatic carbocycles. The molecule has 0 spiro atoms. The third-order valence-electron chi connectivity index (χ3n) is 5.69. The Morgan fingerprint density at radius 2 is 1.23 bits per heavy atom. The van der Waals surface area contributed by atoms with E-state index in [0.717, 1.165) is 0 Å². The molecule has 3 heterocycles. The van der Waals surface area contributed by atoms with Crippen LogP contribution in [-0.4, -0.2) is 100 Å². The van der Waals surface area contributed by atoms with Crippen LogP contribution in [0.25, 0.3) is 0 Å². The number of aromatic amines is 2. The number of carbonyl (C=O) groups excluding carboxylic acids is 4. The molecule has 1 aliphatic rings. The van der Waals surface area contributed by atoms with E-state index in [2.05, 4.69) is 62.1 Å². The van der Waals surface area contributed by atoms with Crippen molar-refractivity contribution in [2.45, 2.75) is 33.2 Å². The number of rotatable bonds is 11. The van der Waals surface area contributed by atoms with E-state index < -0.39 is 29.2 Å². The Balaban J connectivity index is 1.49. The summed E-state index contributed by atoms with van der Waals surface area (Å²) >= 11 is 0. The van der Waals surface area contributed by atoms with Crippen LogP contribution in [0.3, 0.4) is 0 Å². The van der Waals surface area contributed by atoms with Gasteiger partial charge in [-0.05, 0) is 20.8 Å². The first-order chi connectivity index (χ1) is 20.4. The average Bonchev–Trinajstić information content (AvgIpc) is 2.86. The lowest BCUT2D eigenvalue weighted by Crippen LogP contribution is -2.52. The van der Waals surface area contributed by atoms with Gasteiger partial charge in [-0.25, -0.2) is 14.4 Å². The fourth-order valence-corrected chi connectivity index (χ4v) is 3.86. The van der Waals surface area contributed by atoms with Gasteiger partial charge in [-0.2, -0.15) is 15.0 Å². The predicted octanol–water partition coefficient (Wildman–Crippen LogP) is -1.72. The molecule has 1 aliphatic heterocycles. The van der Waals surface area contributed by atoms with Gasteiger partial charge in [0, 0.05) is 75.3 Å². The van der Waals surface area contributed by atoms with Crippen molar-refractivity contribution in [2.75, 3.05) is 49.9 Å². The summed E-state index contributed by atoms with van der Waals surface area (Å²) in [6.07, 6.45) is 0.235. The van der Waals surface area contributed by atoms with Gasteiger partial charge in [-0.3, -0.25) is 35.2 Å². The topological polar surface area (TPSA) is 260 Å². The summed E-state index contributed by atoms with van der Waals surface area (Å²) in [5.74, 6) is -0.267. The molecule has 0 aromatic carbocycles. The van der Waals surface area contributed by atoms with Crippen molar-refractivity contribution in [2.24, 2.45) is 4.99 Å². The third kappa shape index (κ3) is 12.0. The second-order valence-corrected chi connectivity index (χ2v) is 9.59. The summed E-state index contributed by atoms with van der Waals surface area (Å²) in [5, 5.41) is 18.3. The van der Waals surface area contributed by atoms with Gasteiger partial charge >= 0.3 is 18.1 Å². The number of nitrogens with zero attached hydrogens (tertiary/aromatic N) is 4. The van der Waals surface area contributed by atoms with E-state index in [4.69, 9.17) is 0 Å². The maximum absolute atomic E-state index is 12.3. The first-order valence-electron chi connectivity index (χ1n) is 13.4. The molecule has 9 N–H and O–H groups in total. The number of carbonyl (C=O) groups is 4. The van der Waals surface area contributed by atoms with Crippen LogP contribution in [0.4, 0.5) is 26.3 Å². The largest absolute Gasteiger partial charge is 0.353 e. The van der Waals surface area contributed by atoms with Crippen molar-refractivity contribution in [1.82, 2.24) is 51.4 Å². The Morgan fingerprint density at radius 1 is 0.791 bits per heavy atom. The smallest absolute Gasteiger partial charge is 0.321 e. The van der Waals surface area contributed by atoms with E-state index in [0.29, 0.717) is 31.0 Å². The van der Waals surface area contributed by atoms with Crippen LogP contribution >= 0.6 is 0 Å². The zero-order valence-corrected chi connectivity index (χ0v) is 23.9. The zero-order valence-electron chi connectivity index (χ0n) is 23.9. The van der Waals surface area contributed by atoms with Gasteiger partial charge in [0.05, 0.1) is 0 Å². The van der Waals surface area contributed by atoms with Gasteiger partial charge in [-0.1, -0.05) is 0 Å². The Morgan fingerprint density at radius 3 is 1.65 bits per heavy atom. The Hall–Kier alpha value is -5.33. The number of hydrogen-bond acceptors (Lipinski definition) is 10. The molecule has 7 amide bonds. The highest BCUT2D eigenvalue weighted by atomic mass is 16.2. The first kappa shape index (κ1) is 32.2. The lowest BCUT2D eigenvalue weighted by molar-refractivity contribution is -0.118. The summed E-state index contributed by atoms with van der Waals surface area (Å²) in [7, 11) is 0. The van der Waals surface area contributed by atoms with Crippen molar-refractivity contribution in [3.8, 4) is 0 Å². The van der Waals surface area contributed by atoms with E-state index in [1.165, 1.54) is 12.1 Å². The van der Waals surface area contributed by atoms with Crippen molar-refractivity contribution in [3.05, 3.63) is 44.2 Å². The molecule has 2 aromatic rings. The average molecular weight is 602 g/mol. The fraction of sp³-hybridized carbons (Fsp3) is 0.458. The van der Waals surface area contributed by atoms with Gasteiger partial charge in [0.1, 0.15) is 0 Å².